The van der Waals surface area contributed by atoms with Crippen LogP contribution in [0.15, 0.2) is 10.9 Å². The summed E-state index contributed by atoms with van der Waals surface area (Å²) in [7, 11) is 2.20. The normalized spacial score (nSPS) is 23.1. The van der Waals surface area contributed by atoms with E-state index in [4.69, 9.17) is 0 Å². The van der Waals surface area contributed by atoms with E-state index in [9.17, 15) is 0 Å². The van der Waals surface area contributed by atoms with Crippen molar-refractivity contribution < 1.29 is 0 Å². The monoisotopic (exact) mass is 225 g/mol. The van der Waals surface area contributed by atoms with Crippen molar-refractivity contribution in [2.24, 2.45) is 0 Å². The van der Waals surface area contributed by atoms with Crippen LogP contribution in [0.4, 0.5) is 0 Å². The zero-order valence-electron chi connectivity index (χ0n) is 9.28. The first kappa shape index (κ1) is 11.0. The fraction of sp³-hybridized carbons (Fsp3) is 0.727. The van der Waals surface area contributed by atoms with E-state index in [1.807, 2.05) is 5.51 Å². The summed E-state index contributed by atoms with van der Waals surface area (Å²) in [5.74, 6) is 0. The highest BCUT2D eigenvalue weighted by Gasteiger charge is 2.15. The van der Waals surface area contributed by atoms with Gasteiger partial charge in [-0.05, 0) is 26.4 Å². The Balaban J connectivity index is 1.65. The molecule has 1 aromatic rings. The molecule has 84 valence electrons. The molecule has 0 saturated carbocycles. The van der Waals surface area contributed by atoms with Gasteiger partial charge in [0.2, 0.25) is 0 Å². The van der Waals surface area contributed by atoms with Gasteiger partial charge in [-0.25, -0.2) is 4.98 Å². The van der Waals surface area contributed by atoms with Crippen molar-refractivity contribution >= 4 is 11.3 Å². The van der Waals surface area contributed by atoms with Crippen LogP contribution in [-0.4, -0.2) is 42.6 Å². The standard InChI is InChI=1S/C11H19N3S/c1-14-6-2-3-10(7-14)12-5-4-11-8-15-9-13-11/h8-10,12H,2-7H2,1H3. The predicted molar refractivity (Wildman–Crippen MR) is 64.3 cm³/mol. The lowest BCUT2D eigenvalue weighted by atomic mass is 10.1. The molecule has 0 amide bonds. The Morgan fingerprint density at radius 3 is 3.33 bits per heavy atom. The van der Waals surface area contributed by atoms with Crippen molar-refractivity contribution in [3.05, 3.63) is 16.6 Å². The van der Waals surface area contributed by atoms with Crippen LogP contribution in [-0.2, 0) is 6.42 Å². The Labute approximate surface area is 95.5 Å². The zero-order chi connectivity index (χ0) is 10.5. The summed E-state index contributed by atoms with van der Waals surface area (Å²) in [5, 5.41) is 5.75. The second kappa shape index (κ2) is 5.58. The van der Waals surface area contributed by atoms with Crippen molar-refractivity contribution in [3.8, 4) is 0 Å². The van der Waals surface area contributed by atoms with Crippen molar-refractivity contribution in [1.29, 1.82) is 0 Å². The highest BCUT2D eigenvalue weighted by atomic mass is 32.1. The predicted octanol–water partition coefficient (Wildman–Crippen LogP) is 1.37. The van der Waals surface area contributed by atoms with Gasteiger partial charge in [0, 0.05) is 30.9 Å². The van der Waals surface area contributed by atoms with Crippen molar-refractivity contribution in [3.63, 3.8) is 0 Å². The number of aromatic nitrogens is 1. The molecule has 1 aliphatic heterocycles. The second-order valence-corrected chi connectivity index (χ2v) is 5.00. The van der Waals surface area contributed by atoms with E-state index >= 15 is 0 Å². The third-order valence-corrected chi connectivity index (χ3v) is 3.56. The van der Waals surface area contributed by atoms with E-state index in [2.05, 4.69) is 27.6 Å². The van der Waals surface area contributed by atoms with Crippen LogP contribution in [0, 0.1) is 0 Å². The minimum absolute atomic E-state index is 0.683. The zero-order valence-corrected chi connectivity index (χ0v) is 10.1. The van der Waals surface area contributed by atoms with E-state index in [-0.39, 0.29) is 0 Å². The molecular weight excluding hydrogens is 206 g/mol. The maximum atomic E-state index is 4.28. The van der Waals surface area contributed by atoms with E-state index in [0.29, 0.717) is 6.04 Å². The highest BCUT2D eigenvalue weighted by Crippen LogP contribution is 2.08. The molecule has 3 nitrogen and oxygen atoms in total. The number of likely N-dealkylation sites (N-methyl/N-ethyl adjacent to an activating group) is 1. The summed E-state index contributed by atoms with van der Waals surface area (Å²) >= 11 is 1.68. The lowest BCUT2D eigenvalue weighted by molar-refractivity contribution is 0.228. The fourth-order valence-electron chi connectivity index (χ4n) is 2.10. The van der Waals surface area contributed by atoms with E-state index in [1.165, 1.54) is 31.6 Å². The number of rotatable bonds is 4. The minimum atomic E-state index is 0.683. The molecule has 1 unspecified atom stereocenters. The number of nitrogens with one attached hydrogen (secondary N) is 1. The van der Waals surface area contributed by atoms with E-state index in [0.717, 1.165) is 13.0 Å². The lowest BCUT2D eigenvalue weighted by Gasteiger charge is -2.30. The third-order valence-electron chi connectivity index (χ3n) is 2.92. The molecule has 1 aliphatic rings. The number of hydrogen-bond acceptors (Lipinski definition) is 4. The molecule has 1 N–H and O–H groups in total. The van der Waals surface area contributed by atoms with Crippen LogP contribution in [0.25, 0.3) is 0 Å². The van der Waals surface area contributed by atoms with Gasteiger partial charge >= 0.3 is 0 Å². The van der Waals surface area contributed by atoms with Gasteiger partial charge in [-0.2, -0.15) is 0 Å². The molecule has 0 aliphatic carbocycles. The van der Waals surface area contributed by atoms with Gasteiger partial charge in [0.25, 0.3) is 0 Å². The summed E-state index contributed by atoms with van der Waals surface area (Å²) in [4.78, 5) is 6.69. The number of thiazole rings is 1. The molecule has 1 atom stereocenters. The minimum Gasteiger partial charge on any atom is -0.312 e. The van der Waals surface area contributed by atoms with Crippen LogP contribution in [0.5, 0.6) is 0 Å². The molecule has 2 rings (SSSR count). The fourth-order valence-corrected chi connectivity index (χ4v) is 2.69. The lowest BCUT2D eigenvalue weighted by Crippen LogP contribution is -2.44. The third kappa shape index (κ3) is 3.55. The molecule has 0 aromatic carbocycles. The SMILES string of the molecule is CN1CCCC(NCCc2cscn2)C1. The first-order valence-electron chi connectivity index (χ1n) is 5.63. The molecular formula is C11H19N3S. The number of piperidine rings is 1. The smallest absolute Gasteiger partial charge is 0.0794 e. The van der Waals surface area contributed by atoms with Crippen LogP contribution >= 0.6 is 11.3 Å². The molecule has 1 aromatic heterocycles. The molecule has 1 fully saturated rings. The Bertz CT molecular complexity index is 273. The number of nitrogens with zero attached hydrogens (tertiary/aromatic N) is 2. The summed E-state index contributed by atoms with van der Waals surface area (Å²) in [5.41, 5.74) is 3.13. The molecule has 2 heterocycles. The largest absolute Gasteiger partial charge is 0.312 e. The first-order valence-corrected chi connectivity index (χ1v) is 6.58. The van der Waals surface area contributed by atoms with E-state index in [1.54, 1.807) is 11.3 Å². The average molecular weight is 225 g/mol. The van der Waals surface area contributed by atoms with Gasteiger partial charge in [0.05, 0.1) is 11.2 Å². The molecule has 1 saturated heterocycles. The maximum absolute atomic E-state index is 4.28. The molecule has 15 heavy (non-hydrogen) atoms. The topological polar surface area (TPSA) is 28.2 Å². The van der Waals surface area contributed by atoms with Gasteiger partial charge in [-0.1, -0.05) is 0 Å². The summed E-state index contributed by atoms with van der Waals surface area (Å²) in [6.45, 7) is 3.50. The Morgan fingerprint density at radius 2 is 2.60 bits per heavy atom. The quantitative estimate of drug-likeness (QED) is 0.839. The molecule has 0 bridgehead atoms. The number of hydrogen-bond donors (Lipinski definition) is 1. The maximum Gasteiger partial charge on any atom is 0.0794 e. The first-order chi connectivity index (χ1) is 7.34. The van der Waals surface area contributed by atoms with Gasteiger partial charge in [0.15, 0.2) is 0 Å². The van der Waals surface area contributed by atoms with Crippen LogP contribution < -0.4 is 5.32 Å². The van der Waals surface area contributed by atoms with Gasteiger partial charge in [-0.3, -0.25) is 0 Å². The van der Waals surface area contributed by atoms with Crippen molar-refractivity contribution in [1.82, 2.24) is 15.2 Å². The molecule has 0 spiro atoms. The van der Waals surface area contributed by atoms with Crippen LogP contribution in [0.3, 0.4) is 0 Å². The molecule has 4 heteroatoms. The summed E-state index contributed by atoms with van der Waals surface area (Å²) in [6.07, 6.45) is 3.70. The van der Waals surface area contributed by atoms with Crippen molar-refractivity contribution in [2.45, 2.75) is 25.3 Å². The van der Waals surface area contributed by atoms with Gasteiger partial charge in [0.1, 0.15) is 0 Å². The summed E-state index contributed by atoms with van der Waals surface area (Å²) < 4.78 is 0. The summed E-state index contributed by atoms with van der Waals surface area (Å²) in [6, 6.07) is 0.683. The molecule has 0 radical (unpaired) electrons. The van der Waals surface area contributed by atoms with Gasteiger partial charge < -0.3 is 10.2 Å². The highest BCUT2D eigenvalue weighted by molar-refractivity contribution is 7.07. The Hall–Kier alpha value is -0.450. The van der Waals surface area contributed by atoms with Crippen molar-refractivity contribution in [2.75, 3.05) is 26.7 Å². The second-order valence-electron chi connectivity index (χ2n) is 4.29. The Morgan fingerprint density at radius 1 is 1.67 bits per heavy atom. The average Bonchev–Trinajstić information content (AvgIpc) is 2.71. The van der Waals surface area contributed by atoms with E-state index < -0.39 is 0 Å². The number of likely N-dealkylation sites (tertiary alicyclic amines) is 1. The van der Waals surface area contributed by atoms with Gasteiger partial charge in [-0.15, -0.1) is 11.3 Å². The van der Waals surface area contributed by atoms with Crippen LogP contribution in [0.1, 0.15) is 18.5 Å². The van der Waals surface area contributed by atoms with Crippen LogP contribution in [0.2, 0.25) is 0 Å². The Kier molecular flexibility index (Phi) is 4.11.